The van der Waals surface area contributed by atoms with Crippen molar-refractivity contribution in [2.24, 2.45) is 0 Å². The third-order valence-electron chi connectivity index (χ3n) is 4.03. The predicted molar refractivity (Wildman–Crippen MR) is 70.9 cm³/mol. The molecule has 0 saturated heterocycles. The Bertz CT molecular complexity index is 475. The highest BCUT2D eigenvalue weighted by Gasteiger charge is 2.45. The van der Waals surface area contributed by atoms with E-state index in [4.69, 9.17) is 0 Å². The van der Waals surface area contributed by atoms with E-state index in [0.29, 0.717) is 11.2 Å². The van der Waals surface area contributed by atoms with E-state index in [1.54, 1.807) is 0 Å². The summed E-state index contributed by atoms with van der Waals surface area (Å²) >= 11 is 7.09. The SMILES string of the molecule is O=C1CCC2(CCC2)c2c(Br)cc(Br)cc21. The number of fused-ring (bicyclic) bond motifs is 2. The molecule has 1 fully saturated rings. The van der Waals surface area contributed by atoms with E-state index in [9.17, 15) is 4.79 Å². The molecular weight excluding hydrogens is 332 g/mol. The second-order valence-corrected chi connectivity index (χ2v) is 6.64. The smallest absolute Gasteiger partial charge is 0.163 e. The van der Waals surface area contributed by atoms with E-state index in [1.807, 2.05) is 6.07 Å². The summed E-state index contributed by atoms with van der Waals surface area (Å²) in [5.41, 5.74) is 2.52. The maximum absolute atomic E-state index is 12.0. The van der Waals surface area contributed by atoms with Crippen LogP contribution in [0.25, 0.3) is 0 Å². The fraction of sp³-hybridized carbons (Fsp3) is 0.462. The van der Waals surface area contributed by atoms with Gasteiger partial charge in [0.25, 0.3) is 0 Å². The lowest BCUT2D eigenvalue weighted by atomic mass is 9.58. The minimum atomic E-state index is 0.300. The molecule has 3 heteroatoms. The molecule has 2 aliphatic rings. The van der Waals surface area contributed by atoms with Crippen molar-refractivity contribution in [3.8, 4) is 0 Å². The minimum Gasteiger partial charge on any atom is -0.294 e. The summed E-state index contributed by atoms with van der Waals surface area (Å²) in [6.45, 7) is 0. The quantitative estimate of drug-likeness (QED) is 0.672. The summed E-state index contributed by atoms with van der Waals surface area (Å²) in [4.78, 5) is 12.0. The topological polar surface area (TPSA) is 17.1 Å². The lowest BCUT2D eigenvalue weighted by molar-refractivity contribution is 0.0919. The largest absolute Gasteiger partial charge is 0.294 e. The molecule has 0 aromatic heterocycles. The Kier molecular flexibility index (Phi) is 2.52. The van der Waals surface area contributed by atoms with Gasteiger partial charge in [0.1, 0.15) is 0 Å². The zero-order valence-corrected chi connectivity index (χ0v) is 12.0. The van der Waals surface area contributed by atoms with Crippen LogP contribution >= 0.6 is 31.9 Å². The third-order valence-corrected chi connectivity index (χ3v) is 5.11. The molecule has 0 heterocycles. The van der Waals surface area contributed by atoms with Gasteiger partial charge in [-0.05, 0) is 42.4 Å². The monoisotopic (exact) mass is 342 g/mol. The van der Waals surface area contributed by atoms with Crippen molar-refractivity contribution in [1.29, 1.82) is 0 Å². The Morgan fingerprint density at radius 2 is 1.88 bits per heavy atom. The van der Waals surface area contributed by atoms with Crippen LogP contribution in [0.5, 0.6) is 0 Å². The Hall–Kier alpha value is -0.150. The molecule has 1 aromatic rings. The second-order valence-electron chi connectivity index (χ2n) is 4.87. The van der Waals surface area contributed by atoms with Crippen molar-refractivity contribution < 1.29 is 4.79 Å². The molecule has 0 bridgehead atoms. The molecule has 1 aromatic carbocycles. The summed E-state index contributed by atoms with van der Waals surface area (Å²) in [6, 6.07) is 4.05. The summed E-state index contributed by atoms with van der Waals surface area (Å²) < 4.78 is 2.09. The number of carbonyl (C=O) groups is 1. The number of benzene rings is 1. The lowest BCUT2D eigenvalue weighted by Gasteiger charge is -2.46. The van der Waals surface area contributed by atoms with Gasteiger partial charge in [0.15, 0.2) is 5.78 Å². The van der Waals surface area contributed by atoms with Crippen LogP contribution in [0.4, 0.5) is 0 Å². The number of rotatable bonds is 0. The molecule has 1 nitrogen and oxygen atoms in total. The standard InChI is InChI=1S/C13H12Br2O/c14-8-6-9-11(16)2-5-13(3-1-4-13)12(9)10(15)7-8/h6-7H,1-5H2. The van der Waals surface area contributed by atoms with Crippen molar-refractivity contribution >= 4 is 37.6 Å². The summed E-state index contributed by atoms with van der Waals surface area (Å²) in [6.07, 6.45) is 5.55. The minimum absolute atomic E-state index is 0.300. The highest BCUT2D eigenvalue weighted by Crippen LogP contribution is 2.53. The highest BCUT2D eigenvalue weighted by atomic mass is 79.9. The van der Waals surface area contributed by atoms with Crippen LogP contribution in [0.3, 0.4) is 0 Å². The van der Waals surface area contributed by atoms with E-state index >= 15 is 0 Å². The maximum Gasteiger partial charge on any atom is 0.163 e. The lowest BCUT2D eigenvalue weighted by Crippen LogP contribution is -2.39. The van der Waals surface area contributed by atoms with Crippen LogP contribution in [-0.4, -0.2) is 5.78 Å². The number of hydrogen-bond donors (Lipinski definition) is 0. The van der Waals surface area contributed by atoms with Crippen molar-refractivity contribution in [3.63, 3.8) is 0 Å². The molecule has 2 aliphatic carbocycles. The fourth-order valence-corrected chi connectivity index (χ4v) is 4.69. The van der Waals surface area contributed by atoms with E-state index < -0.39 is 0 Å². The van der Waals surface area contributed by atoms with Gasteiger partial charge in [-0.1, -0.05) is 38.3 Å². The molecule has 0 amide bonds. The molecule has 1 spiro atoms. The first-order chi connectivity index (χ1) is 7.62. The van der Waals surface area contributed by atoms with E-state index in [2.05, 4.69) is 37.9 Å². The van der Waals surface area contributed by atoms with Gasteiger partial charge in [0.05, 0.1) is 0 Å². The molecule has 0 unspecified atom stereocenters. The third kappa shape index (κ3) is 1.44. The molecular formula is C13H12Br2O. The average molecular weight is 344 g/mol. The van der Waals surface area contributed by atoms with Crippen LogP contribution in [0.1, 0.15) is 48.0 Å². The molecule has 0 atom stereocenters. The first-order valence-electron chi connectivity index (χ1n) is 5.65. The van der Waals surface area contributed by atoms with Crippen LogP contribution in [0.2, 0.25) is 0 Å². The number of halogens is 2. The number of hydrogen-bond acceptors (Lipinski definition) is 1. The zero-order valence-electron chi connectivity index (χ0n) is 8.85. The Labute approximate surface area is 112 Å². The van der Waals surface area contributed by atoms with Crippen molar-refractivity contribution in [1.82, 2.24) is 0 Å². The molecule has 3 rings (SSSR count). The summed E-state index contributed by atoms with van der Waals surface area (Å²) in [5, 5.41) is 0. The number of ketones is 1. The number of Topliss-reactive ketones (excluding diaryl/α,β-unsaturated/α-hetero) is 1. The van der Waals surface area contributed by atoms with Gasteiger partial charge >= 0.3 is 0 Å². The van der Waals surface area contributed by atoms with Gasteiger partial charge in [-0.25, -0.2) is 0 Å². The molecule has 0 aliphatic heterocycles. The van der Waals surface area contributed by atoms with Crippen molar-refractivity contribution in [2.45, 2.75) is 37.5 Å². The van der Waals surface area contributed by atoms with Gasteiger partial charge in [0, 0.05) is 20.9 Å². The highest BCUT2D eigenvalue weighted by molar-refractivity contribution is 9.11. The van der Waals surface area contributed by atoms with E-state index in [-0.39, 0.29) is 0 Å². The van der Waals surface area contributed by atoms with Crippen LogP contribution < -0.4 is 0 Å². The van der Waals surface area contributed by atoms with E-state index in [1.165, 1.54) is 24.8 Å². The van der Waals surface area contributed by atoms with Crippen molar-refractivity contribution in [3.05, 3.63) is 32.2 Å². The van der Waals surface area contributed by atoms with Gasteiger partial charge in [-0.3, -0.25) is 4.79 Å². The van der Waals surface area contributed by atoms with Crippen LogP contribution in [0.15, 0.2) is 21.1 Å². The first kappa shape index (κ1) is 11.0. The van der Waals surface area contributed by atoms with E-state index in [0.717, 1.165) is 27.4 Å². The Morgan fingerprint density at radius 1 is 1.12 bits per heavy atom. The second kappa shape index (κ2) is 3.67. The molecule has 1 saturated carbocycles. The van der Waals surface area contributed by atoms with Crippen LogP contribution in [-0.2, 0) is 5.41 Å². The average Bonchev–Trinajstić information content (AvgIpc) is 2.17. The molecule has 84 valence electrons. The first-order valence-corrected chi connectivity index (χ1v) is 7.24. The molecule has 0 radical (unpaired) electrons. The van der Waals surface area contributed by atoms with Crippen LogP contribution in [0, 0.1) is 0 Å². The summed E-state index contributed by atoms with van der Waals surface area (Å²) in [5.74, 6) is 0.300. The van der Waals surface area contributed by atoms with Gasteiger partial charge < -0.3 is 0 Å². The fourth-order valence-electron chi connectivity index (χ4n) is 3.05. The van der Waals surface area contributed by atoms with Crippen molar-refractivity contribution in [2.75, 3.05) is 0 Å². The van der Waals surface area contributed by atoms with Gasteiger partial charge in [-0.2, -0.15) is 0 Å². The number of carbonyl (C=O) groups excluding carboxylic acids is 1. The predicted octanol–water partition coefficient (Wildman–Crippen LogP) is 4.61. The zero-order chi connectivity index (χ0) is 11.3. The summed E-state index contributed by atoms with van der Waals surface area (Å²) in [7, 11) is 0. The Balaban J connectivity index is 2.24. The molecule has 16 heavy (non-hydrogen) atoms. The Morgan fingerprint density at radius 3 is 2.50 bits per heavy atom. The molecule has 0 N–H and O–H groups in total. The normalized spacial score (nSPS) is 21.8. The maximum atomic E-state index is 12.0. The van der Waals surface area contributed by atoms with Gasteiger partial charge in [-0.15, -0.1) is 0 Å². The van der Waals surface area contributed by atoms with Gasteiger partial charge in [0.2, 0.25) is 0 Å².